The molecular weight excluding hydrogens is 481 g/mol. The first-order chi connectivity index (χ1) is 13.1. The SMILES string of the molecule is C=C1Cc2c(C)c(CC(=O)OCC)c(SI)c(C)c2CN1C(C)C(C)(C)CC. The Bertz CT molecular complexity index is 773. The molecular formula is C23H34INO2S. The lowest BCUT2D eigenvalue weighted by molar-refractivity contribution is -0.142. The normalized spacial score (nSPS) is 15.4. The molecule has 1 aromatic rings. The summed E-state index contributed by atoms with van der Waals surface area (Å²) >= 11 is 2.34. The molecule has 1 heterocycles. The molecule has 0 aliphatic carbocycles. The molecule has 0 bridgehead atoms. The average molecular weight is 516 g/mol. The van der Waals surface area contributed by atoms with Crippen molar-refractivity contribution in [2.75, 3.05) is 6.61 Å². The minimum Gasteiger partial charge on any atom is -0.466 e. The van der Waals surface area contributed by atoms with Gasteiger partial charge in [-0.3, -0.25) is 4.79 Å². The Kier molecular flexibility index (Phi) is 7.93. The fraction of sp³-hybridized carbons (Fsp3) is 0.609. The molecule has 0 aromatic heterocycles. The summed E-state index contributed by atoms with van der Waals surface area (Å²) in [6, 6.07) is 0.424. The number of ether oxygens (including phenoxy) is 1. The number of halogens is 1. The number of rotatable bonds is 7. The molecule has 0 spiro atoms. The van der Waals surface area contributed by atoms with E-state index in [1.54, 1.807) is 8.93 Å². The molecule has 5 heteroatoms. The molecule has 2 rings (SSSR count). The lowest BCUT2D eigenvalue weighted by atomic mass is 9.79. The van der Waals surface area contributed by atoms with Gasteiger partial charge in [0.2, 0.25) is 0 Å². The van der Waals surface area contributed by atoms with Crippen LogP contribution in [-0.2, 0) is 28.9 Å². The first kappa shape index (κ1) is 23.6. The maximum atomic E-state index is 12.2. The topological polar surface area (TPSA) is 29.5 Å². The van der Waals surface area contributed by atoms with E-state index < -0.39 is 0 Å². The number of nitrogens with zero attached hydrogens (tertiary/aromatic N) is 1. The highest BCUT2D eigenvalue weighted by atomic mass is 127. The van der Waals surface area contributed by atoms with Crippen LogP contribution >= 0.6 is 30.1 Å². The zero-order valence-corrected chi connectivity index (χ0v) is 21.3. The van der Waals surface area contributed by atoms with Crippen molar-refractivity contribution < 1.29 is 9.53 Å². The average Bonchev–Trinajstić information content (AvgIpc) is 2.65. The van der Waals surface area contributed by atoms with Crippen molar-refractivity contribution in [3.8, 4) is 0 Å². The zero-order chi connectivity index (χ0) is 21.2. The maximum Gasteiger partial charge on any atom is 0.310 e. The molecule has 1 aliphatic heterocycles. The van der Waals surface area contributed by atoms with E-state index in [4.69, 9.17) is 4.74 Å². The van der Waals surface area contributed by atoms with Crippen molar-refractivity contribution in [3.63, 3.8) is 0 Å². The molecule has 1 atom stereocenters. The van der Waals surface area contributed by atoms with Crippen LogP contribution in [0.4, 0.5) is 0 Å². The van der Waals surface area contributed by atoms with Crippen LogP contribution in [0.5, 0.6) is 0 Å². The summed E-state index contributed by atoms with van der Waals surface area (Å²) < 4.78 is 5.23. The number of allylic oxidation sites excluding steroid dienone is 1. The fourth-order valence-corrected chi connectivity index (χ4v) is 6.36. The van der Waals surface area contributed by atoms with E-state index in [0.29, 0.717) is 19.1 Å². The number of carbonyl (C=O) groups is 1. The van der Waals surface area contributed by atoms with Gasteiger partial charge < -0.3 is 9.64 Å². The zero-order valence-electron chi connectivity index (χ0n) is 18.4. The molecule has 28 heavy (non-hydrogen) atoms. The number of benzene rings is 1. The number of hydrogen-bond donors (Lipinski definition) is 0. The number of esters is 1. The van der Waals surface area contributed by atoms with E-state index in [2.05, 4.69) is 74.2 Å². The summed E-state index contributed by atoms with van der Waals surface area (Å²) in [5, 5.41) is 0. The third kappa shape index (κ3) is 4.55. The third-order valence-corrected chi connectivity index (χ3v) is 8.69. The van der Waals surface area contributed by atoms with Crippen LogP contribution in [0.15, 0.2) is 17.2 Å². The van der Waals surface area contributed by atoms with Crippen molar-refractivity contribution >= 4 is 36.1 Å². The molecule has 1 aromatic carbocycles. The van der Waals surface area contributed by atoms with Gasteiger partial charge in [-0.15, -0.1) is 0 Å². The standard InChI is InChI=1S/C23H34INO2S/c1-9-23(7,8)17(6)25-13-20-16(5)22(28-24)19(12-21(26)27-10-2)15(4)18(20)11-14(25)3/h17H,3,9-13H2,1-2,4-8H3. The third-order valence-electron chi connectivity index (χ3n) is 6.67. The van der Waals surface area contributed by atoms with E-state index in [0.717, 1.165) is 24.9 Å². The Morgan fingerprint density at radius 2 is 1.93 bits per heavy atom. The van der Waals surface area contributed by atoms with Gasteiger partial charge in [0.05, 0.1) is 13.0 Å². The molecule has 1 aliphatic rings. The van der Waals surface area contributed by atoms with Gasteiger partial charge in [0.1, 0.15) is 0 Å². The first-order valence-corrected chi connectivity index (χ1v) is 13.5. The minimum absolute atomic E-state index is 0.147. The number of fused-ring (bicyclic) bond motifs is 1. The second kappa shape index (κ2) is 9.41. The molecule has 0 N–H and O–H groups in total. The Labute approximate surface area is 187 Å². The van der Waals surface area contributed by atoms with Crippen LogP contribution in [0, 0.1) is 19.3 Å². The van der Waals surface area contributed by atoms with E-state index in [-0.39, 0.29) is 11.4 Å². The van der Waals surface area contributed by atoms with Crippen molar-refractivity contribution in [1.29, 1.82) is 0 Å². The van der Waals surface area contributed by atoms with E-state index in [1.165, 1.54) is 32.8 Å². The van der Waals surface area contributed by atoms with Crippen LogP contribution in [0.25, 0.3) is 0 Å². The van der Waals surface area contributed by atoms with Crippen LogP contribution in [-0.4, -0.2) is 23.5 Å². The quantitative estimate of drug-likeness (QED) is 0.304. The highest BCUT2D eigenvalue weighted by Crippen LogP contribution is 2.43. The molecule has 156 valence electrons. The molecule has 0 saturated heterocycles. The fourth-order valence-electron chi connectivity index (χ4n) is 4.01. The van der Waals surface area contributed by atoms with Gasteiger partial charge in [-0.2, -0.15) is 0 Å². The highest BCUT2D eigenvalue weighted by Gasteiger charge is 2.34. The second-order valence-electron chi connectivity index (χ2n) is 8.46. The van der Waals surface area contributed by atoms with Crippen LogP contribution in [0.1, 0.15) is 68.9 Å². The highest BCUT2D eigenvalue weighted by molar-refractivity contribution is 14.2. The van der Waals surface area contributed by atoms with Gasteiger partial charge in [0.15, 0.2) is 0 Å². The Balaban J connectivity index is 2.51. The van der Waals surface area contributed by atoms with Gasteiger partial charge in [0, 0.05) is 50.8 Å². The molecule has 0 radical (unpaired) electrons. The van der Waals surface area contributed by atoms with Gasteiger partial charge in [-0.05, 0) is 67.3 Å². The maximum absolute atomic E-state index is 12.2. The monoisotopic (exact) mass is 515 g/mol. The van der Waals surface area contributed by atoms with Gasteiger partial charge in [-0.25, -0.2) is 0 Å². The van der Waals surface area contributed by atoms with E-state index in [9.17, 15) is 4.79 Å². The van der Waals surface area contributed by atoms with Gasteiger partial charge in [-0.1, -0.05) is 36.3 Å². The summed E-state index contributed by atoms with van der Waals surface area (Å²) in [5.41, 5.74) is 7.84. The van der Waals surface area contributed by atoms with E-state index >= 15 is 0 Å². The molecule has 3 nitrogen and oxygen atoms in total. The predicted molar refractivity (Wildman–Crippen MR) is 128 cm³/mol. The summed E-state index contributed by atoms with van der Waals surface area (Å²) in [5.74, 6) is -0.147. The Morgan fingerprint density at radius 1 is 1.29 bits per heavy atom. The van der Waals surface area contributed by atoms with Crippen molar-refractivity contribution in [1.82, 2.24) is 4.90 Å². The summed E-state index contributed by atoms with van der Waals surface area (Å²) in [4.78, 5) is 15.9. The van der Waals surface area contributed by atoms with E-state index in [1.807, 2.05) is 6.92 Å². The summed E-state index contributed by atoms with van der Waals surface area (Å²) in [6.07, 6.45) is 2.33. The van der Waals surface area contributed by atoms with Crippen molar-refractivity contribution in [3.05, 3.63) is 40.1 Å². The number of carbonyl (C=O) groups excluding carboxylic acids is 1. The minimum atomic E-state index is -0.147. The largest absolute Gasteiger partial charge is 0.466 e. The van der Waals surface area contributed by atoms with Gasteiger partial charge in [0.25, 0.3) is 0 Å². The van der Waals surface area contributed by atoms with Crippen LogP contribution in [0.2, 0.25) is 0 Å². The molecule has 0 saturated carbocycles. The summed E-state index contributed by atoms with van der Waals surface area (Å²) in [7, 11) is 1.71. The number of hydrogen-bond acceptors (Lipinski definition) is 4. The molecule has 0 fully saturated rings. The van der Waals surface area contributed by atoms with Crippen molar-refractivity contribution in [2.45, 2.75) is 85.2 Å². The Hall–Kier alpha value is -0.690. The van der Waals surface area contributed by atoms with Crippen molar-refractivity contribution in [2.24, 2.45) is 5.41 Å². The van der Waals surface area contributed by atoms with Crippen LogP contribution in [0.3, 0.4) is 0 Å². The lowest BCUT2D eigenvalue weighted by Gasteiger charge is -2.45. The van der Waals surface area contributed by atoms with Crippen LogP contribution < -0.4 is 0 Å². The lowest BCUT2D eigenvalue weighted by Crippen LogP contribution is -2.44. The molecule has 1 unspecified atom stereocenters. The van der Waals surface area contributed by atoms with Gasteiger partial charge >= 0.3 is 5.97 Å². The molecule has 0 amide bonds. The first-order valence-electron chi connectivity index (χ1n) is 10.1. The smallest absolute Gasteiger partial charge is 0.310 e. The Morgan fingerprint density at radius 3 is 2.46 bits per heavy atom. The summed E-state index contributed by atoms with van der Waals surface area (Å²) in [6.45, 7) is 21.2. The predicted octanol–water partition coefficient (Wildman–Crippen LogP) is 6.55. The second-order valence-corrected chi connectivity index (χ2v) is 10.3.